The van der Waals surface area contributed by atoms with E-state index < -0.39 is 0 Å². The van der Waals surface area contributed by atoms with Gasteiger partial charge in [0.05, 0.1) is 6.61 Å². The summed E-state index contributed by atoms with van der Waals surface area (Å²) in [6.07, 6.45) is 2.50. The quantitative estimate of drug-likeness (QED) is 0.804. The average Bonchev–Trinajstić information content (AvgIpc) is 2.70. The Balaban J connectivity index is 1.65. The predicted molar refractivity (Wildman–Crippen MR) is 80.6 cm³/mol. The highest BCUT2D eigenvalue weighted by Gasteiger charge is 2.09. The van der Waals surface area contributed by atoms with Gasteiger partial charge in [0.2, 0.25) is 5.91 Å². The zero-order valence-corrected chi connectivity index (χ0v) is 11.8. The van der Waals surface area contributed by atoms with Crippen LogP contribution >= 0.6 is 0 Å². The summed E-state index contributed by atoms with van der Waals surface area (Å²) in [6.45, 7) is 4.66. The van der Waals surface area contributed by atoms with Crippen molar-refractivity contribution < 1.29 is 9.53 Å². The van der Waals surface area contributed by atoms with Crippen LogP contribution in [0.25, 0.3) is 0 Å². The summed E-state index contributed by atoms with van der Waals surface area (Å²) < 4.78 is 5.41. The van der Waals surface area contributed by atoms with Crippen LogP contribution in [-0.4, -0.2) is 43.7 Å². The van der Waals surface area contributed by atoms with E-state index in [1.54, 1.807) is 12.1 Å². The van der Waals surface area contributed by atoms with Gasteiger partial charge < -0.3 is 20.7 Å². The van der Waals surface area contributed by atoms with Crippen molar-refractivity contribution in [1.29, 1.82) is 0 Å². The molecule has 1 heterocycles. The van der Waals surface area contributed by atoms with Gasteiger partial charge in [-0.3, -0.25) is 4.79 Å². The first-order chi connectivity index (χ1) is 9.74. The van der Waals surface area contributed by atoms with Gasteiger partial charge in [-0.05, 0) is 43.7 Å². The molecule has 0 unspecified atom stereocenters. The number of rotatable bonds is 5. The molecule has 3 N–H and O–H groups in total. The zero-order chi connectivity index (χ0) is 14.2. The summed E-state index contributed by atoms with van der Waals surface area (Å²) in [7, 11) is 0. The van der Waals surface area contributed by atoms with E-state index in [9.17, 15) is 4.79 Å². The Labute approximate surface area is 120 Å². The summed E-state index contributed by atoms with van der Waals surface area (Å²) >= 11 is 0. The lowest BCUT2D eigenvalue weighted by molar-refractivity contribution is -0.116. The van der Waals surface area contributed by atoms with E-state index in [1.165, 1.54) is 0 Å². The van der Waals surface area contributed by atoms with Crippen LogP contribution in [0, 0.1) is 0 Å². The number of hydrogen-bond donors (Lipinski definition) is 2. The van der Waals surface area contributed by atoms with E-state index in [2.05, 4.69) is 10.2 Å². The van der Waals surface area contributed by atoms with E-state index in [4.69, 9.17) is 10.5 Å². The predicted octanol–water partition coefficient (Wildman–Crippen LogP) is 1.71. The highest BCUT2D eigenvalue weighted by atomic mass is 16.5. The standard InChI is InChI=1S/C15H23N3O2/c16-13-4-6-14(7-5-13)17-15(19)3-1-8-18-9-2-11-20-12-10-18/h4-7H,1-3,8-12,16H2,(H,17,19). The second kappa shape index (κ2) is 7.87. The van der Waals surface area contributed by atoms with Crippen LogP contribution in [0.5, 0.6) is 0 Å². The lowest BCUT2D eigenvalue weighted by atomic mass is 10.2. The molecule has 1 aromatic carbocycles. The number of carbonyl (C=O) groups is 1. The number of nitrogen functional groups attached to an aromatic ring is 1. The molecule has 1 fully saturated rings. The topological polar surface area (TPSA) is 67.6 Å². The molecule has 0 radical (unpaired) electrons. The van der Waals surface area contributed by atoms with Gasteiger partial charge >= 0.3 is 0 Å². The number of hydrogen-bond acceptors (Lipinski definition) is 4. The number of nitrogens with two attached hydrogens (primary N) is 1. The first-order valence-corrected chi connectivity index (χ1v) is 7.19. The summed E-state index contributed by atoms with van der Waals surface area (Å²) in [6, 6.07) is 7.21. The second-order valence-electron chi connectivity index (χ2n) is 5.08. The van der Waals surface area contributed by atoms with Crippen LogP contribution in [0.15, 0.2) is 24.3 Å². The maximum atomic E-state index is 11.8. The van der Waals surface area contributed by atoms with Crippen molar-refractivity contribution in [3.63, 3.8) is 0 Å². The number of carbonyl (C=O) groups excluding carboxylic acids is 1. The monoisotopic (exact) mass is 277 g/mol. The van der Waals surface area contributed by atoms with Crippen LogP contribution in [0.4, 0.5) is 11.4 Å². The SMILES string of the molecule is Nc1ccc(NC(=O)CCCN2CCCOCC2)cc1. The summed E-state index contributed by atoms with van der Waals surface area (Å²) in [5.41, 5.74) is 7.10. The minimum Gasteiger partial charge on any atom is -0.399 e. The fourth-order valence-electron chi connectivity index (χ4n) is 2.27. The largest absolute Gasteiger partial charge is 0.399 e. The maximum absolute atomic E-state index is 11.8. The lowest BCUT2D eigenvalue weighted by Crippen LogP contribution is -2.28. The number of ether oxygens (including phenoxy) is 1. The van der Waals surface area contributed by atoms with Gasteiger partial charge in [0.15, 0.2) is 0 Å². The molecule has 1 amide bonds. The van der Waals surface area contributed by atoms with Crippen molar-refractivity contribution in [2.45, 2.75) is 19.3 Å². The summed E-state index contributed by atoms with van der Waals surface area (Å²) in [5.74, 6) is 0.0563. The number of nitrogens with one attached hydrogen (secondary N) is 1. The third kappa shape index (κ3) is 5.19. The number of anilines is 2. The van der Waals surface area contributed by atoms with E-state index in [0.29, 0.717) is 12.1 Å². The van der Waals surface area contributed by atoms with Crippen molar-refractivity contribution in [1.82, 2.24) is 4.90 Å². The van der Waals surface area contributed by atoms with Crippen molar-refractivity contribution >= 4 is 17.3 Å². The Bertz CT molecular complexity index is 412. The summed E-state index contributed by atoms with van der Waals surface area (Å²) in [5, 5.41) is 2.88. The minimum atomic E-state index is 0.0563. The normalized spacial score (nSPS) is 16.6. The van der Waals surface area contributed by atoms with E-state index >= 15 is 0 Å². The highest BCUT2D eigenvalue weighted by molar-refractivity contribution is 5.90. The van der Waals surface area contributed by atoms with Gasteiger partial charge in [-0.25, -0.2) is 0 Å². The molecule has 0 atom stereocenters. The molecule has 1 aliphatic heterocycles. The van der Waals surface area contributed by atoms with E-state index in [-0.39, 0.29) is 5.91 Å². The van der Waals surface area contributed by atoms with Crippen LogP contribution in [0.1, 0.15) is 19.3 Å². The minimum absolute atomic E-state index is 0.0563. The van der Waals surface area contributed by atoms with E-state index in [1.807, 2.05) is 12.1 Å². The molecule has 0 aliphatic carbocycles. The van der Waals surface area contributed by atoms with Gasteiger partial charge in [0.25, 0.3) is 0 Å². The molecule has 5 nitrogen and oxygen atoms in total. The maximum Gasteiger partial charge on any atom is 0.224 e. The molecule has 2 rings (SSSR count). The Morgan fingerprint density at radius 2 is 2.05 bits per heavy atom. The fourth-order valence-corrected chi connectivity index (χ4v) is 2.27. The number of amides is 1. The zero-order valence-electron chi connectivity index (χ0n) is 11.8. The molecule has 0 aromatic heterocycles. The molecule has 0 spiro atoms. The molecular weight excluding hydrogens is 254 g/mol. The Kier molecular flexibility index (Phi) is 5.83. The number of benzene rings is 1. The Hall–Kier alpha value is -1.59. The molecule has 0 saturated carbocycles. The van der Waals surface area contributed by atoms with Gasteiger partial charge in [-0.2, -0.15) is 0 Å². The highest BCUT2D eigenvalue weighted by Crippen LogP contribution is 2.11. The molecule has 5 heteroatoms. The first kappa shape index (κ1) is 14.8. The van der Waals surface area contributed by atoms with Crippen LogP contribution in [-0.2, 0) is 9.53 Å². The van der Waals surface area contributed by atoms with Crippen LogP contribution in [0.3, 0.4) is 0 Å². The van der Waals surface area contributed by atoms with Gasteiger partial charge in [-0.1, -0.05) is 0 Å². The van der Waals surface area contributed by atoms with Crippen molar-refractivity contribution in [2.24, 2.45) is 0 Å². The molecule has 20 heavy (non-hydrogen) atoms. The molecule has 1 aliphatic rings. The smallest absolute Gasteiger partial charge is 0.224 e. The van der Waals surface area contributed by atoms with Crippen LogP contribution in [0.2, 0.25) is 0 Å². The lowest BCUT2D eigenvalue weighted by Gasteiger charge is -2.18. The van der Waals surface area contributed by atoms with Gasteiger partial charge in [0.1, 0.15) is 0 Å². The first-order valence-electron chi connectivity index (χ1n) is 7.19. The molecule has 110 valence electrons. The van der Waals surface area contributed by atoms with E-state index in [0.717, 1.165) is 51.4 Å². The van der Waals surface area contributed by atoms with Crippen molar-refractivity contribution in [2.75, 3.05) is 43.9 Å². The third-order valence-corrected chi connectivity index (χ3v) is 3.39. The molecule has 1 saturated heterocycles. The Morgan fingerprint density at radius 3 is 2.85 bits per heavy atom. The van der Waals surface area contributed by atoms with Crippen molar-refractivity contribution in [3.05, 3.63) is 24.3 Å². The van der Waals surface area contributed by atoms with Gasteiger partial charge in [-0.15, -0.1) is 0 Å². The molecule has 0 bridgehead atoms. The molecular formula is C15H23N3O2. The van der Waals surface area contributed by atoms with Gasteiger partial charge in [0, 0.05) is 37.5 Å². The summed E-state index contributed by atoms with van der Waals surface area (Å²) in [4.78, 5) is 14.2. The third-order valence-electron chi connectivity index (χ3n) is 3.39. The van der Waals surface area contributed by atoms with Crippen molar-refractivity contribution in [3.8, 4) is 0 Å². The second-order valence-corrected chi connectivity index (χ2v) is 5.08. The fraction of sp³-hybridized carbons (Fsp3) is 0.533. The molecule has 1 aromatic rings. The van der Waals surface area contributed by atoms with Crippen LogP contribution < -0.4 is 11.1 Å². The Morgan fingerprint density at radius 1 is 1.25 bits per heavy atom. The average molecular weight is 277 g/mol. The number of nitrogens with zero attached hydrogens (tertiary/aromatic N) is 1.